The smallest absolute Gasteiger partial charge is 0.261 e. The second-order valence-corrected chi connectivity index (χ2v) is 7.26. The van der Waals surface area contributed by atoms with Gasteiger partial charge in [0.05, 0.1) is 23.6 Å². The van der Waals surface area contributed by atoms with Gasteiger partial charge < -0.3 is 9.26 Å². The summed E-state index contributed by atoms with van der Waals surface area (Å²) in [6, 6.07) is 13.4. The number of nitrogens with zero attached hydrogens (tertiary/aromatic N) is 2. The van der Waals surface area contributed by atoms with Gasteiger partial charge in [-0.25, -0.2) is 8.42 Å². The van der Waals surface area contributed by atoms with E-state index in [1.54, 1.807) is 31.2 Å². The van der Waals surface area contributed by atoms with Crippen LogP contribution in [-0.4, -0.2) is 25.2 Å². The average Bonchev–Trinajstić information content (AvgIpc) is 3.02. The first kappa shape index (κ1) is 17.9. The molecule has 0 aliphatic rings. The van der Waals surface area contributed by atoms with Crippen LogP contribution in [0.2, 0.25) is 0 Å². The standard InChI is InChI=1S/C18H19N3O4S/c1-3-24-15-8-10-16(11-9-15)26(22,23)21-17-7-5-4-6-14(17)12-18-19-13(2)20-25-18/h4-11,21H,3,12H2,1-2H3. The number of anilines is 1. The molecule has 26 heavy (non-hydrogen) atoms. The Bertz CT molecular complexity index is 982. The second-order valence-electron chi connectivity index (χ2n) is 5.58. The molecule has 0 atom stereocenters. The zero-order valence-corrected chi connectivity index (χ0v) is 15.3. The SMILES string of the molecule is CCOc1ccc(S(=O)(=O)Nc2ccccc2Cc2nc(C)no2)cc1. The van der Waals surface area contributed by atoms with E-state index in [1.165, 1.54) is 12.1 Å². The fourth-order valence-electron chi connectivity index (χ4n) is 2.43. The monoisotopic (exact) mass is 373 g/mol. The maximum absolute atomic E-state index is 12.7. The van der Waals surface area contributed by atoms with Gasteiger partial charge in [0.25, 0.3) is 10.0 Å². The predicted octanol–water partition coefficient (Wildman–Crippen LogP) is 3.17. The van der Waals surface area contributed by atoms with Crippen molar-refractivity contribution in [2.24, 2.45) is 0 Å². The van der Waals surface area contributed by atoms with E-state index in [9.17, 15) is 8.42 Å². The predicted molar refractivity (Wildman–Crippen MR) is 96.7 cm³/mol. The zero-order valence-electron chi connectivity index (χ0n) is 14.5. The van der Waals surface area contributed by atoms with Crippen LogP contribution in [-0.2, 0) is 16.4 Å². The zero-order chi connectivity index (χ0) is 18.6. The number of aromatic nitrogens is 2. The maximum Gasteiger partial charge on any atom is 0.261 e. The van der Waals surface area contributed by atoms with Crippen molar-refractivity contribution in [3.63, 3.8) is 0 Å². The molecule has 0 saturated carbocycles. The number of hydrogen-bond donors (Lipinski definition) is 1. The number of aryl methyl sites for hydroxylation is 1. The number of para-hydroxylation sites is 1. The molecule has 3 rings (SSSR count). The topological polar surface area (TPSA) is 94.3 Å². The molecule has 1 heterocycles. The molecule has 0 aliphatic heterocycles. The van der Waals surface area contributed by atoms with E-state index in [0.717, 1.165) is 5.56 Å². The fraction of sp³-hybridized carbons (Fsp3) is 0.222. The minimum Gasteiger partial charge on any atom is -0.494 e. The first-order valence-electron chi connectivity index (χ1n) is 8.10. The number of hydrogen-bond acceptors (Lipinski definition) is 6. The summed E-state index contributed by atoms with van der Waals surface area (Å²) < 4.78 is 38.4. The lowest BCUT2D eigenvalue weighted by molar-refractivity contribution is 0.340. The maximum atomic E-state index is 12.7. The highest BCUT2D eigenvalue weighted by molar-refractivity contribution is 7.92. The third-order valence-corrected chi connectivity index (χ3v) is 5.00. The summed E-state index contributed by atoms with van der Waals surface area (Å²) in [5.74, 6) is 1.58. The molecular formula is C18H19N3O4S. The van der Waals surface area contributed by atoms with Crippen LogP contribution >= 0.6 is 0 Å². The Morgan fingerprint density at radius 1 is 1.12 bits per heavy atom. The van der Waals surface area contributed by atoms with Gasteiger partial charge in [-0.1, -0.05) is 23.4 Å². The lowest BCUT2D eigenvalue weighted by Crippen LogP contribution is -2.14. The average molecular weight is 373 g/mol. The van der Waals surface area contributed by atoms with Crippen molar-refractivity contribution >= 4 is 15.7 Å². The van der Waals surface area contributed by atoms with Gasteiger partial charge in [0, 0.05) is 0 Å². The largest absolute Gasteiger partial charge is 0.494 e. The number of rotatable bonds is 7. The number of sulfonamides is 1. The van der Waals surface area contributed by atoms with Crippen LogP contribution in [0.15, 0.2) is 57.9 Å². The van der Waals surface area contributed by atoms with Crippen molar-refractivity contribution in [3.8, 4) is 5.75 Å². The Morgan fingerprint density at radius 2 is 1.85 bits per heavy atom. The lowest BCUT2D eigenvalue weighted by atomic mass is 10.1. The Balaban J connectivity index is 1.83. The first-order valence-corrected chi connectivity index (χ1v) is 9.59. The summed E-state index contributed by atoms with van der Waals surface area (Å²) in [5, 5.41) is 3.75. The van der Waals surface area contributed by atoms with Gasteiger partial charge in [-0.15, -0.1) is 0 Å². The molecular weight excluding hydrogens is 354 g/mol. The number of ether oxygens (including phenoxy) is 1. The van der Waals surface area contributed by atoms with Crippen LogP contribution in [0.3, 0.4) is 0 Å². The van der Waals surface area contributed by atoms with Gasteiger partial charge >= 0.3 is 0 Å². The highest BCUT2D eigenvalue weighted by Crippen LogP contribution is 2.23. The quantitative estimate of drug-likeness (QED) is 0.684. The summed E-state index contributed by atoms with van der Waals surface area (Å²) in [7, 11) is -3.73. The lowest BCUT2D eigenvalue weighted by Gasteiger charge is -2.12. The van der Waals surface area contributed by atoms with Crippen molar-refractivity contribution in [1.82, 2.24) is 10.1 Å². The van der Waals surface area contributed by atoms with Crippen molar-refractivity contribution in [3.05, 3.63) is 65.8 Å². The molecule has 0 spiro atoms. The molecule has 0 radical (unpaired) electrons. The van der Waals surface area contributed by atoms with E-state index in [1.807, 2.05) is 19.1 Å². The Morgan fingerprint density at radius 3 is 2.50 bits per heavy atom. The van der Waals surface area contributed by atoms with Gasteiger partial charge in [-0.05, 0) is 49.7 Å². The molecule has 0 fully saturated rings. The second kappa shape index (κ2) is 7.57. The molecule has 1 aromatic heterocycles. The third kappa shape index (κ3) is 4.20. The molecule has 0 amide bonds. The van der Waals surface area contributed by atoms with E-state index < -0.39 is 10.0 Å². The molecule has 0 saturated heterocycles. The molecule has 136 valence electrons. The molecule has 2 aromatic carbocycles. The van der Waals surface area contributed by atoms with Gasteiger partial charge in [-0.2, -0.15) is 4.98 Å². The van der Waals surface area contributed by atoms with E-state index in [0.29, 0.717) is 36.2 Å². The van der Waals surface area contributed by atoms with Gasteiger partial charge in [0.2, 0.25) is 5.89 Å². The Labute approximate surface area is 152 Å². The summed E-state index contributed by atoms with van der Waals surface area (Å²) in [6.45, 7) is 4.12. The molecule has 0 bridgehead atoms. The van der Waals surface area contributed by atoms with Crippen LogP contribution in [0.5, 0.6) is 5.75 Å². The van der Waals surface area contributed by atoms with Crippen LogP contribution in [0, 0.1) is 6.92 Å². The first-order chi connectivity index (χ1) is 12.5. The van der Waals surface area contributed by atoms with Crippen LogP contribution in [0.4, 0.5) is 5.69 Å². The van der Waals surface area contributed by atoms with E-state index in [4.69, 9.17) is 9.26 Å². The minimum absolute atomic E-state index is 0.157. The summed E-state index contributed by atoms with van der Waals surface area (Å²) in [4.78, 5) is 4.32. The highest BCUT2D eigenvalue weighted by atomic mass is 32.2. The van der Waals surface area contributed by atoms with Gasteiger partial charge in [-0.3, -0.25) is 4.72 Å². The fourth-order valence-corrected chi connectivity index (χ4v) is 3.54. The summed E-state index contributed by atoms with van der Waals surface area (Å²) in [6.07, 6.45) is 0.336. The number of benzene rings is 2. The third-order valence-electron chi connectivity index (χ3n) is 3.62. The molecule has 3 aromatic rings. The van der Waals surface area contributed by atoms with Crippen LogP contribution in [0.25, 0.3) is 0 Å². The van der Waals surface area contributed by atoms with E-state index in [-0.39, 0.29) is 4.90 Å². The van der Waals surface area contributed by atoms with Gasteiger partial charge in [0.15, 0.2) is 5.82 Å². The molecule has 0 aliphatic carbocycles. The van der Waals surface area contributed by atoms with E-state index >= 15 is 0 Å². The van der Waals surface area contributed by atoms with E-state index in [2.05, 4.69) is 14.9 Å². The summed E-state index contributed by atoms with van der Waals surface area (Å²) in [5.41, 5.74) is 1.21. The number of nitrogens with one attached hydrogen (secondary N) is 1. The van der Waals surface area contributed by atoms with Crippen LogP contribution in [0.1, 0.15) is 24.2 Å². The Kier molecular flexibility index (Phi) is 5.22. The Hall–Kier alpha value is -2.87. The molecule has 0 unspecified atom stereocenters. The molecule has 8 heteroatoms. The minimum atomic E-state index is -3.73. The van der Waals surface area contributed by atoms with Gasteiger partial charge in [0.1, 0.15) is 5.75 Å². The van der Waals surface area contributed by atoms with Crippen molar-refractivity contribution in [2.75, 3.05) is 11.3 Å². The summed E-state index contributed by atoms with van der Waals surface area (Å²) >= 11 is 0. The molecule has 1 N–H and O–H groups in total. The van der Waals surface area contributed by atoms with Crippen LogP contribution < -0.4 is 9.46 Å². The van der Waals surface area contributed by atoms with Crippen molar-refractivity contribution in [1.29, 1.82) is 0 Å². The molecule has 7 nitrogen and oxygen atoms in total. The van der Waals surface area contributed by atoms with Crippen molar-refractivity contribution < 1.29 is 17.7 Å². The highest BCUT2D eigenvalue weighted by Gasteiger charge is 2.17. The normalized spacial score (nSPS) is 11.3. The van der Waals surface area contributed by atoms with Crippen molar-refractivity contribution in [2.45, 2.75) is 25.2 Å².